The Bertz CT molecular complexity index is 1230. The molecule has 1 aliphatic rings. The third kappa shape index (κ3) is 7.87. The zero-order valence-corrected chi connectivity index (χ0v) is 23.7. The summed E-state index contributed by atoms with van der Waals surface area (Å²) < 4.78 is 17.2. The number of nitrogens with one attached hydrogen (secondary N) is 3. The van der Waals surface area contributed by atoms with Gasteiger partial charge in [-0.05, 0) is 49.1 Å². The van der Waals surface area contributed by atoms with Crippen molar-refractivity contribution in [3.05, 3.63) is 47.5 Å². The van der Waals surface area contributed by atoms with Gasteiger partial charge >= 0.3 is 0 Å². The summed E-state index contributed by atoms with van der Waals surface area (Å²) in [5.41, 5.74) is 0.936. The molecule has 0 spiro atoms. The minimum atomic E-state index is -0.821. The molecule has 0 aliphatic carbocycles. The van der Waals surface area contributed by atoms with Crippen LogP contribution in [0.3, 0.4) is 0 Å². The minimum Gasteiger partial charge on any atom is -0.496 e. The summed E-state index contributed by atoms with van der Waals surface area (Å²) in [6.07, 6.45) is 1.18. The van der Waals surface area contributed by atoms with E-state index in [9.17, 15) is 19.2 Å². The molecule has 1 atom stereocenters. The Labute approximate surface area is 234 Å². The number of methoxy groups -OCH3 is 2. The number of hydrogen-bond donors (Lipinski definition) is 3. The van der Waals surface area contributed by atoms with E-state index in [1.165, 1.54) is 26.0 Å². The Morgan fingerprint density at radius 2 is 1.75 bits per heavy atom. The molecule has 0 saturated heterocycles. The average molecular weight is 555 g/mol. The van der Waals surface area contributed by atoms with E-state index >= 15 is 0 Å². The second-order valence-corrected chi connectivity index (χ2v) is 9.82. The number of hydrogen-bond acceptors (Lipinski definition) is 7. The number of nitrogens with zero attached hydrogens (tertiary/aromatic N) is 1. The van der Waals surface area contributed by atoms with Gasteiger partial charge in [-0.2, -0.15) is 0 Å². The molecule has 1 aliphatic heterocycles. The summed E-state index contributed by atoms with van der Waals surface area (Å²) in [5.74, 6) is 0.0415. The fourth-order valence-corrected chi connectivity index (χ4v) is 4.32. The van der Waals surface area contributed by atoms with Gasteiger partial charge in [0.05, 0.1) is 32.9 Å². The van der Waals surface area contributed by atoms with Crippen molar-refractivity contribution in [2.75, 3.05) is 33.9 Å². The van der Waals surface area contributed by atoms with Gasteiger partial charge in [0.25, 0.3) is 5.91 Å². The van der Waals surface area contributed by atoms with E-state index < -0.39 is 11.9 Å². The molecule has 2 aromatic carbocycles. The molecule has 2 bridgehead atoms. The number of carbonyl (C=O) groups excluding carboxylic acids is 4. The zero-order valence-electron chi connectivity index (χ0n) is 23.7. The summed E-state index contributed by atoms with van der Waals surface area (Å²) in [6.45, 7) is 5.65. The Morgan fingerprint density at radius 3 is 2.42 bits per heavy atom. The SMILES string of the molecule is COc1ccc2cc1Oc1cccc(OC)c1CNC(=O)[C@@H](C(C)C)NC(=O)CN(C(C)=O)CCCCNC2=O. The molecule has 0 saturated carbocycles. The predicted molar refractivity (Wildman–Crippen MR) is 148 cm³/mol. The first-order valence-electron chi connectivity index (χ1n) is 13.3. The summed E-state index contributed by atoms with van der Waals surface area (Å²) >= 11 is 0. The summed E-state index contributed by atoms with van der Waals surface area (Å²) in [4.78, 5) is 52.5. The molecule has 0 radical (unpaired) electrons. The van der Waals surface area contributed by atoms with E-state index in [2.05, 4.69) is 16.0 Å². The van der Waals surface area contributed by atoms with Crippen molar-refractivity contribution in [2.45, 2.75) is 46.2 Å². The van der Waals surface area contributed by atoms with Crippen molar-refractivity contribution in [3.8, 4) is 23.0 Å². The lowest BCUT2D eigenvalue weighted by Crippen LogP contribution is -2.52. The van der Waals surface area contributed by atoms with Gasteiger partial charge in [0, 0.05) is 25.6 Å². The van der Waals surface area contributed by atoms with E-state index in [0.29, 0.717) is 60.1 Å². The summed E-state index contributed by atoms with van der Waals surface area (Å²) in [5, 5.41) is 8.52. The minimum absolute atomic E-state index is 0.0410. The van der Waals surface area contributed by atoms with Crippen LogP contribution < -0.4 is 30.2 Å². The highest BCUT2D eigenvalue weighted by Gasteiger charge is 2.26. The van der Waals surface area contributed by atoms with E-state index in [1.807, 2.05) is 13.8 Å². The lowest BCUT2D eigenvalue weighted by atomic mass is 10.0. The zero-order chi connectivity index (χ0) is 29.2. The molecule has 4 amide bonds. The molecule has 11 nitrogen and oxygen atoms in total. The maximum atomic E-state index is 13.2. The van der Waals surface area contributed by atoms with Crippen molar-refractivity contribution in [2.24, 2.45) is 5.92 Å². The van der Waals surface area contributed by atoms with Crippen LogP contribution in [0, 0.1) is 5.92 Å². The number of amides is 4. The van der Waals surface area contributed by atoms with Gasteiger partial charge in [-0.3, -0.25) is 19.2 Å². The molecule has 3 N–H and O–H groups in total. The highest BCUT2D eigenvalue weighted by molar-refractivity contribution is 5.95. The Morgan fingerprint density at radius 1 is 1.00 bits per heavy atom. The van der Waals surface area contributed by atoms with Gasteiger partial charge in [0.1, 0.15) is 17.5 Å². The van der Waals surface area contributed by atoms with Gasteiger partial charge in [0.15, 0.2) is 11.5 Å². The standard InChI is InChI=1S/C29H38N4O7/c1-18(2)27-29(37)31-16-21-22(38-4)9-8-10-23(21)40-25-15-20(11-12-24(25)39-5)28(36)30-13-6-7-14-33(19(3)34)17-26(35)32-27/h8-12,15,18,27H,6-7,13-14,16-17H2,1-5H3,(H,30,36)(H,31,37)(H,32,35)/t27-/m1/s1. The molecule has 216 valence electrons. The number of rotatable bonds is 3. The van der Waals surface area contributed by atoms with Crippen LogP contribution in [0.1, 0.15) is 49.5 Å². The monoisotopic (exact) mass is 554 g/mol. The molecule has 40 heavy (non-hydrogen) atoms. The van der Waals surface area contributed by atoms with Crippen molar-refractivity contribution in [3.63, 3.8) is 0 Å². The molecule has 0 unspecified atom stereocenters. The van der Waals surface area contributed by atoms with Crippen LogP contribution >= 0.6 is 0 Å². The van der Waals surface area contributed by atoms with Crippen LogP contribution in [-0.2, 0) is 20.9 Å². The van der Waals surface area contributed by atoms with E-state index in [1.54, 1.807) is 36.4 Å². The highest BCUT2D eigenvalue weighted by Crippen LogP contribution is 2.37. The third-order valence-corrected chi connectivity index (χ3v) is 6.58. The Balaban J connectivity index is 1.99. The smallest absolute Gasteiger partial charge is 0.251 e. The average Bonchev–Trinajstić information content (AvgIpc) is 2.93. The Hall–Kier alpha value is -4.28. The number of fused-ring (bicyclic) bond motifs is 3. The molecule has 0 fully saturated rings. The van der Waals surface area contributed by atoms with Gasteiger partial charge in [-0.1, -0.05) is 19.9 Å². The van der Waals surface area contributed by atoms with Gasteiger partial charge < -0.3 is 35.1 Å². The van der Waals surface area contributed by atoms with Gasteiger partial charge in [-0.25, -0.2) is 0 Å². The van der Waals surface area contributed by atoms with Crippen LogP contribution in [-0.4, -0.2) is 68.4 Å². The highest BCUT2D eigenvalue weighted by atomic mass is 16.5. The van der Waals surface area contributed by atoms with Crippen LogP contribution in [0.2, 0.25) is 0 Å². The maximum Gasteiger partial charge on any atom is 0.251 e. The number of ether oxygens (including phenoxy) is 3. The van der Waals surface area contributed by atoms with E-state index in [4.69, 9.17) is 14.2 Å². The molecular formula is C29H38N4O7. The van der Waals surface area contributed by atoms with Crippen molar-refractivity contribution < 1.29 is 33.4 Å². The quantitative estimate of drug-likeness (QED) is 0.531. The predicted octanol–water partition coefficient (Wildman–Crippen LogP) is 2.63. The van der Waals surface area contributed by atoms with Crippen molar-refractivity contribution in [1.82, 2.24) is 20.9 Å². The second kappa shape index (κ2) is 14.2. The molecule has 2 aromatic rings. The van der Waals surface area contributed by atoms with Crippen LogP contribution in [0.4, 0.5) is 0 Å². The fraction of sp³-hybridized carbons (Fsp3) is 0.448. The maximum absolute atomic E-state index is 13.2. The van der Waals surface area contributed by atoms with Gasteiger partial charge in [0.2, 0.25) is 17.7 Å². The first kappa shape index (κ1) is 30.3. The van der Waals surface area contributed by atoms with E-state index in [-0.39, 0.29) is 36.7 Å². The molecule has 0 aromatic heterocycles. The largest absolute Gasteiger partial charge is 0.496 e. The van der Waals surface area contributed by atoms with Crippen molar-refractivity contribution in [1.29, 1.82) is 0 Å². The Kier molecular flexibility index (Phi) is 10.7. The molecule has 3 rings (SSSR count). The normalized spacial score (nSPS) is 17.5. The molecule has 11 heteroatoms. The van der Waals surface area contributed by atoms with Crippen molar-refractivity contribution >= 4 is 23.6 Å². The fourth-order valence-electron chi connectivity index (χ4n) is 4.32. The lowest BCUT2D eigenvalue weighted by molar-refractivity contribution is -0.136. The number of carbonyl (C=O) groups is 4. The topological polar surface area (TPSA) is 135 Å². The van der Waals surface area contributed by atoms with Crippen LogP contribution in [0.15, 0.2) is 36.4 Å². The summed E-state index contributed by atoms with van der Waals surface area (Å²) in [7, 11) is 3.02. The lowest BCUT2D eigenvalue weighted by Gasteiger charge is -2.25. The van der Waals surface area contributed by atoms with Crippen LogP contribution in [0.5, 0.6) is 23.0 Å². The van der Waals surface area contributed by atoms with Crippen LogP contribution in [0.25, 0.3) is 0 Å². The second-order valence-electron chi connectivity index (χ2n) is 9.82. The third-order valence-electron chi connectivity index (χ3n) is 6.58. The van der Waals surface area contributed by atoms with Gasteiger partial charge in [-0.15, -0.1) is 0 Å². The first-order chi connectivity index (χ1) is 19.1. The molecular weight excluding hydrogens is 516 g/mol. The molecule has 1 heterocycles. The summed E-state index contributed by atoms with van der Waals surface area (Å²) in [6, 6.07) is 9.28. The number of benzene rings is 2. The van der Waals surface area contributed by atoms with E-state index in [0.717, 1.165) is 0 Å². The first-order valence-corrected chi connectivity index (χ1v) is 13.3.